The lowest BCUT2D eigenvalue weighted by Gasteiger charge is -2.33. The molecule has 1 N–H and O–H groups in total. The molecule has 2 rings (SSSR count). The molecule has 0 saturated heterocycles. The molecule has 1 aromatic rings. The molecule has 0 bridgehead atoms. The van der Waals surface area contributed by atoms with E-state index in [1.165, 1.54) is 11.1 Å². The van der Waals surface area contributed by atoms with Crippen LogP contribution in [0.4, 0.5) is 0 Å². The molecular formula is C14H18O2. The van der Waals surface area contributed by atoms with Crippen LogP contribution in [-0.4, -0.2) is 11.4 Å². The van der Waals surface area contributed by atoms with Gasteiger partial charge in [0.25, 0.3) is 0 Å². The molecular weight excluding hydrogens is 200 g/mol. The largest absolute Gasteiger partial charge is 0.508 e. The molecule has 1 aromatic carbocycles. The Morgan fingerprint density at radius 2 is 2.12 bits per heavy atom. The van der Waals surface area contributed by atoms with Crippen molar-refractivity contribution in [3.8, 4) is 5.75 Å². The van der Waals surface area contributed by atoms with Crippen LogP contribution >= 0.6 is 0 Å². The van der Waals surface area contributed by atoms with E-state index in [1.807, 2.05) is 26.0 Å². The number of fused-ring (bicyclic) bond motifs is 1. The molecule has 0 radical (unpaired) electrons. The summed E-state index contributed by atoms with van der Waals surface area (Å²) in [5, 5.41) is 9.40. The summed E-state index contributed by atoms with van der Waals surface area (Å²) in [5.74, 6) is 0.758. The summed E-state index contributed by atoms with van der Waals surface area (Å²) in [5.41, 5.74) is 2.28. The van der Waals surface area contributed by atoms with Gasteiger partial charge in [-0.15, -0.1) is 0 Å². The van der Waals surface area contributed by atoms with Gasteiger partial charge in [0, 0.05) is 5.41 Å². The first-order valence-electron chi connectivity index (χ1n) is 5.80. The number of aromatic hydroxyl groups is 1. The van der Waals surface area contributed by atoms with Crippen molar-refractivity contribution >= 4 is 6.29 Å². The molecule has 2 heteroatoms. The summed E-state index contributed by atoms with van der Waals surface area (Å²) >= 11 is 0. The summed E-state index contributed by atoms with van der Waals surface area (Å²) < 4.78 is 0. The van der Waals surface area contributed by atoms with Crippen molar-refractivity contribution in [2.24, 2.45) is 11.3 Å². The Kier molecular flexibility index (Phi) is 2.75. The zero-order chi connectivity index (χ0) is 11.8. The van der Waals surface area contributed by atoms with Crippen LogP contribution in [0.25, 0.3) is 0 Å². The van der Waals surface area contributed by atoms with E-state index in [9.17, 15) is 9.90 Å². The van der Waals surface area contributed by atoms with Gasteiger partial charge in [-0.25, -0.2) is 0 Å². The van der Waals surface area contributed by atoms with Crippen molar-refractivity contribution in [3.63, 3.8) is 0 Å². The van der Waals surface area contributed by atoms with Gasteiger partial charge in [0.1, 0.15) is 12.0 Å². The number of phenols is 1. The molecule has 2 nitrogen and oxygen atoms in total. The molecule has 0 spiro atoms. The van der Waals surface area contributed by atoms with Gasteiger partial charge in [0.05, 0.1) is 0 Å². The summed E-state index contributed by atoms with van der Waals surface area (Å²) in [6, 6.07) is 5.56. The van der Waals surface area contributed by atoms with E-state index in [4.69, 9.17) is 0 Å². The number of rotatable bonds is 2. The molecule has 0 aromatic heterocycles. The molecule has 1 atom stereocenters. The van der Waals surface area contributed by atoms with E-state index in [0.717, 1.165) is 25.5 Å². The highest BCUT2D eigenvalue weighted by Gasteiger charge is 2.32. The van der Waals surface area contributed by atoms with Crippen molar-refractivity contribution in [1.82, 2.24) is 0 Å². The van der Waals surface area contributed by atoms with E-state index in [0.29, 0.717) is 11.7 Å². The van der Waals surface area contributed by atoms with Gasteiger partial charge in [-0.2, -0.15) is 0 Å². The monoisotopic (exact) mass is 218 g/mol. The Morgan fingerprint density at radius 1 is 1.38 bits per heavy atom. The molecule has 0 amide bonds. The number of carbonyl (C=O) groups is 1. The van der Waals surface area contributed by atoms with Crippen LogP contribution in [0.1, 0.15) is 31.4 Å². The first-order chi connectivity index (χ1) is 7.53. The van der Waals surface area contributed by atoms with E-state index in [2.05, 4.69) is 0 Å². The third-order valence-electron chi connectivity index (χ3n) is 3.77. The van der Waals surface area contributed by atoms with E-state index >= 15 is 0 Å². The van der Waals surface area contributed by atoms with Gasteiger partial charge in [-0.05, 0) is 48.4 Å². The number of benzene rings is 1. The molecule has 16 heavy (non-hydrogen) atoms. The van der Waals surface area contributed by atoms with Crippen molar-refractivity contribution < 1.29 is 9.90 Å². The fraction of sp³-hybridized carbons (Fsp3) is 0.500. The lowest BCUT2D eigenvalue weighted by atomic mass is 9.70. The summed E-state index contributed by atoms with van der Waals surface area (Å²) in [4.78, 5) is 11.1. The number of carbonyl (C=O) groups excluding carboxylic acids is 1. The average Bonchev–Trinajstić information content (AvgIpc) is 2.28. The highest BCUT2D eigenvalue weighted by molar-refractivity contribution is 5.59. The zero-order valence-electron chi connectivity index (χ0n) is 9.86. The third kappa shape index (κ3) is 1.97. The van der Waals surface area contributed by atoms with Crippen LogP contribution in [0.15, 0.2) is 18.2 Å². The number of aryl methyl sites for hydroxylation is 1. The molecule has 0 saturated carbocycles. The molecule has 0 fully saturated rings. The number of hydrogen-bond acceptors (Lipinski definition) is 2. The van der Waals surface area contributed by atoms with Crippen LogP contribution in [0.3, 0.4) is 0 Å². The summed E-state index contributed by atoms with van der Waals surface area (Å²) in [6.45, 7) is 4.02. The standard InChI is InChI=1S/C14H18O2/c1-14(2,9-15)12-5-3-11-8-13(16)6-4-10(11)7-12/h4,6,8-9,12,16H,3,5,7H2,1-2H3. The maximum atomic E-state index is 11.1. The van der Waals surface area contributed by atoms with Gasteiger partial charge < -0.3 is 9.90 Å². The van der Waals surface area contributed by atoms with E-state index in [1.54, 1.807) is 6.07 Å². The molecule has 0 aliphatic heterocycles. The fourth-order valence-electron chi connectivity index (χ4n) is 2.47. The second kappa shape index (κ2) is 3.93. The first kappa shape index (κ1) is 11.2. The number of hydrogen-bond donors (Lipinski definition) is 1. The normalized spacial score (nSPS) is 20.2. The fourth-order valence-corrected chi connectivity index (χ4v) is 2.47. The lowest BCUT2D eigenvalue weighted by molar-refractivity contribution is -0.117. The smallest absolute Gasteiger partial charge is 0.125 e. The molecule has 1 unspecified atom stereocenters. The highest BCUT2D eigenvalue weighted by atomic mass is 16.3. The minimum absolute atomic E-state index is 0.240. The van der Waals surface area contributed by atoms with Crippen LogP contribution in [0.5, 0.6) is 5.75 Å². The Labute approximate surface area is 96.3 Å². The van der Waals surface area contributed by atoms with E-state index in [-0.39, 0.29) is 5.41 Å². The molecule has 1 aliphatic carbocycles. The first-order valence-corrected chi connectivity index (χ1v) is 5.80. The Morgan fingerprint density at radius 3 is 2.81 bits per heavy atom. The van der Waals surface area contributed by atoms with Crippen LogP contribution in [0.2, 0.25) is 0 Å². The summed E-state index contributed by atoms with van der Waals surface area (Å²) in [6.07, 6.45) is 4.01. The second-order valence-electron chi connectivity index (χ2n) is 5.33. The zero-order valence-corrected chi connectivity index (χ0v) is 9.86. The van der Waals surface area contributed by atoms with Crippen LogP contribution in [0, 0.1) is 11.3 Å². The van der Waals surface area contributed by atoms with Gasteiger partial charge in [0.15, 0.2) is 0 Å². The molecule has 0 heterocycles. The van der Waals surface area contributed by atoms with Crippen molar-refractivity contribution in [2.45, 2.75) is 33.1 Å². The van der Waals surface area contributed by atoms with Crippen LogP contribution < -0.4 is 0 Å². The van der Waals surface area contributed by atoms with Gasteiger partial charge in [-0.1, -0.05) is 19.9 Å². The predicted molar refractivity (Wildman–Crippen MR) is 63.5 cm³/mol. The third-order valence-corrected chi connectivity index (χ3v) is 3.77. The molecule has 1 aliphatic rings. The predicted octanol–water partition coefficient (Wildman–Crippen LogP) is 2.72. The topological polar surface area (TPSA) is 37.3 Å². The van der Waals surface area contributed by atoms with Crippen molar-refractivity contribution in [3.05, 3.63) is 29.3 Å². The number of aldehydes is 1. The Bertz CT molecular complexity index is 407. The Hall–Kier alpha value is -1.31. The van der Waals surface area contributed by atoms with Crippen molar-refractivity contribution in [2.75, 3.05) is 0 Å². The minimum atomic E-state index is -0.240. The highest BCUT2D eigenvalue weighted by Crippen LogP contribution is 2.37. The quantitative estimate of drug-likeness (QED) is 0.775. The summed E-state index contributed by atoms with van der Waals surface area (Å²) in [7, 11) is 0. The maximum Gasteiger partial charge on any atom is 0.125 e. The average molecular weight is 218 g/mol. The lowest BCUT2D eigenvalue weighted by Crippen LogP contribution is -2.30. The minimum Gasteiger partial charge on any atom is -0.508 e. The van der Waals surface area contributed by atoms with Crippen LogP contribution in [-0.2, 0) is 17.6 Å². The number of phenolic OH excluding ortho intramolecular Hbond substituents is 1. The van der Waals surface area contributed by atoms with Crippen molar-refractivity contribution in [1.29, 1.82) is 0 Å². The second-order valence-corrected chi connectivity index (χ2v) is 5.33. The maximum absolute atomic E-state index is 11.1. The van der Waals surface area contributed by atoms with Gasteiger partial charge >= 0.3 is 0 Å². The van der Waals surface area contributed by atoms with E-state index < -0.39 is 0 Å². The Balaban J connectivity index is 2.24. The van der Waals surface area contributed by atoms with Gasteiger partial charge in [0.2, 0.25) is 0 Å². The molecule has 86 valence electrons. The van der Waals surface area contributed by atoms with Gasteiger partial charge in [-0.3, -0.25) is 0 Å². The SMILES string of the molecule is CC(C)(C=O)C1CCc2cc(O)ccc2C1.